The summed E-state index contributed by atoms with van der Waals surface area (Å²) in [7, 11) is 0. The number of aromatic nitrogens is 4. The Balaban J connectivity index is 1.18. The second kappa shape index (κ2) is 9.56. The second-order valence-corrected chi connectivity index (χ2v) is 10.9. The third kappa shape index (κ3) is 5.08. The van der Waals surface area contributed by atoms with Crippen molar-refractivity contribution in [2.45, 2.75) is 65.5 Å². The van der Waals surface area contributed by atoms with Gasteiger partial charge in [0.25, 0.3) is 0 Å². The van der Waals surface area contributed by atoms with E-state index in [2.05, 4.69) is 32.9 Å². The van der Waals surface area contributed by atoms with Gasteiger partial charge in [-0.2, -0.15) is 0 Å². The molecule has 4 heterocycles. The number of nitrogens with zero attached hydrogens (tertiary/aromatic N) is 4. The quantitative estimate of drug-likeness (QED) is 0.348. The number of hydrogen-bond acceptors (Lipinski definition) is 4. The van der Waals surface area contributed by atoms with Gasteiger partial charge in [-0.05, 0) is 83.6 Å². The van der Waals surface area contributed by atoms with Crippen LogP contribution >= 0.6 is 0 Å². The van der Waals surface area contributed by atoms with E-state index in [0.29, 0.717) is 22.8 Å². The minimum Gasteiger partial charge on any atom is -0.444 e. The summed E-state index contributed by atoms with van der Waals surface area (Å²) in [6.45, 7) is 9.90. The highest BCUT2D eigenvalue weighted by Gasteiger charge is 2.26. The summed E-state index contributed by atoms with van der Waals surface area (Å²) in [4.78, 5) is 26.7. The molecule has 1 aliphatic rings. The SMILES string of the molecule is Cc1c(F)ccc2[nH]c(-c3cnc4c(ccn4CCCC4CCN(C(=O)OC(C)(C)C)CC4)c3)nc12. The van der Waals surface area contributed by atoms with Gasteiger partial charge in [-0.15, -0.1) is 0 Å². The summed E-state index contributed by atoms with van der Waals surface area (Å²) in [6, 6.07) is 7.34. The van der Waals surface area contributed by atoms with Crippen LogP contribution in [-0.2, 0) is 11.3 Å². The van der Waals surface area contributed by atoms with Gasteiger partial charge in [0.15, 0.2) is 0 Å². The van der Waals surface area contributed by atoms with E-state index in [1.807, 2.05) is 31.9 Å². The summed E-state index contributed by atoms with van der Waals surface area (Å²) in [5.41, 5.74) is 3.40. The molecule has 1 aromatic carbocycles. The van der Waals surface area contributed by atoms with Crippen molar-refractivity contribution in [3.63, 3.8) is 0 Å². The van der Waals surface area contributed by atoms with Crippen LogP contribution < -0.4 is 0 Å². The molecule has 5 rings (SSSR count). The third-order valence-electron chi connectivity index (χ3n) is 6.99. The van der Waals surface area contributed by atoms with Crippen molar-refractivity contribution in [1.82, 2.24) is 24.4 Å². The number of nitrogens with one attached hydrogen (secondary N) is 1. The van der Waals surface area contributed by atoms with Crippen LogP contribution in [0.1, 0.15) is 52.0 Å². The number of halogens is 1. The number of aryl methyl sites for hydroxylation is 2. The Morgan fingerprint density at radius 3 is 2.75 bits per heavy atom. The Hall–Kier alpha value is -3.42. The van der Waals surface area contributed by atoms with Gasteiger partial charge in [0.05, 0.1) is 11.0 Å². The average Bonchev–Trinajstić information content (AvgIpc) is 3.45. The summed E-state index contributed by atoms with van der Waals surface area (Å²) in [5.74, 6) is 1.07. The van der Waals surface area contributed by atoms with Gasteiger partial charge in [0.2, 0.25) is 0 Å². The lowest BCUT2D eigenvalue weighted by Crippen LogP contribution is -2.41. The first-order valence-electron chi connectivity index (χ1n) is 12.8. The van der Waals surface area contributed by atoms with Crippen molar-refractivity contribution >= 4 is 28.2 Å². The Kier molecular flexibility index (Phi) is 6.45. The Morgan fingerprint density at radius 2 is 2.00 bits per heavy atom. The summed E-state index contributed by atoms with van der Waals surface area (Å²) >= 11 is 0. The van der Waals surface area contributed by atoms with E-state index < -0.39 is 5.60 Å². The van der Waals surface area contributed by atoms with Crippen LogP contribution in [-0.4, -0.2) is 49.2 Å². The lowest BCUT2D eigenvalue weighted by atomic mass is 9.92. The molecule has 1 fully saturated rings. The maximum atomic E-state index is 13.9. The standard InChI is InChI=1S/C28H34FN5O2/c1-18-22(29)7-8-23-24(18)32-25(31-23)21-16-20-11-15-33(26(20)30-17-21)12-5-6-19-9-13-34(14-10-19)27(35)36-28(2,3)4/h7-8,11,15-17,19H,5-6,9-10,12-14H2,1-4H3,(H,31,32). The average molecular weight is 492 g/mol. The first-order chi connectivity index (χ1) is 17.2. The number of pyridine rings is 1. The fourth-order valence-electron chi connectivity index (χ4n) is 4.99. The molecular formula is C28H34FN5O2. The Morgan fingerprint density at radius 1 is 1.22 bits per heavy atom. The number of fused-ring (bicyclic) bond motifs is 2. The molecule has 36 heavy (non-hydrogen) atoms. The predicted molar refractivity (Wildman–Crippen MR) is 139 cm³/mol. The number of hydrogen-bond donors (Lipinski definition) is 1. The monoisotopic (exact) mass is 491 g/mol. The molecule has 0 aliphatic carbocycles. The van der Waals surface area contributed by atoms with E-state index in [0.717, 1.165) is 67.4 Å². The zero-order chi connectivity index (χ0) is 25.4. The molecule has 8 heteroatoms. The summed E-state index contributed by atoms with van der Waals surface area (Å²) in [5, 5.41) is 1.06. The maximum absolute atomic E-state index is 13.9. The van der Waals surface area contributed by atoms with Gasteiger partial charge in [-0.1, -0.05) is 0 Å². The topological polar surface area (TPSA) is 76.0 Å². The molecule has 0 radical (unpaired) electrons. The van der Waals surface area contributed by atoms with E-state index >= 15 is 0 Å². The number of benzene rings is 1. The van der Waals surface area contributed by atoms with Crippen LogP contribution in [0.25, 0.3) is 33.5 Å². The van der Waals surface area contributed by atoms with Gasteiger partial charge in [-0.3, -0.25) is 0 Å². The van der Waals surface area contributed by atoms with Crippen LogP contribution in [0.3, 0.4) is 0 Å². The lowest BCUT2D eigenvalue weighted by molar-refractivity contribution is 0.0180. The highest BCUT2D eigenvalue weighted by atomic mass is 19.1. The molecule has 0 bridgehead atoms. The number of aromatic amines is 1. The molecule has 7 nitrogen and oxygen atoms in total. The first-order valence-corrected chi connectivity index (χ1v) is 12.8. The van der Waals surface area contributed by atoms with Crippen molar-refractivity contribution in [3.8, 4) is 11.4 Å². The van der Waals surface area contributed by atoms with Gasteiger partial charge >= 0.3 is 6.09 Å². The minimum absolute atomic E-state index is 0.199. The number of ether oxygens (including phenoxy) is 1. The molecule has 4 aromatic rings. The molecule has 1 N–H and O–H groups in total. The summed E-state index contributed by atoms with van der Waals surface area (Å²) < 4.78 is 21.6. The van der Waals surface area contributed by atoms with Gasteiger partial charge in [0, 0.05) is 48.5 Å². The van der Waals surface area contributed by atoms with Gasteiger partial charge in [0.1, 0.15) is 22.9 Å². The molecule has 1 amide bonds. The number of H-pyrrole nitrogens is 1. The molecule has 3 aromatic heterocycles. The van der Waals surface area contributed by atoms with Crippen molar-refractivity contribution in [1.29, 1.82) is 0 Å². The van der Waals surface area contributed by atoms with Crippen LogP contribution in [0.15, 0.2) is 36.7 Å². The number of rotatable bonds is 5. The minimum atomic E-state index is -0.452. The fraction of sp³-hybridized carbons (Fsp3) is 0.464. The molecule has 190 valence electrons. The molecule has 1 aliphatic heterocycles. The lowest BCUT2D eigenvalue weighted by Gasteiger charge is -2.33. The van der Waals surface area contributed by atoms with Crippen molar-refractivity contribution < 1.29 is 13.9 Å². The highest BCUT2D eigenvalue weighted by molar-refractivity contribution is 5.85. The van der Waals surface area contributed by atoms with E-state index in [9.17, 15) is 9.18 Å². The van der Waals surface area contributed by atoms with Crippen molar-refractivity contribution in [3.05, 3.63) is 48.0 Å². The Bertz CT molecular complexity index is 1390. The van der Waals surface area contributed by atoms with Crippen LogP contribution in [0, 0.1) is 18.7 Å². The summed E-state index contributed by atoms with van der Waals surface area (Å²) in [6.07, 6.45) is 7.96. The van der Waals surface area contributed by atoms with Crippen LogP contribution in [0.4, 0.5) is 9.18 Å². The zero-order valence-corrected chi connectivity index (χ0v) is 21.5. The van der Waals surface area contributed by atoms with E-state index in [1.54, 1.807) is 13.0 Å². The predicted octanol–water partition coefficient (Wildman–Crippen LogP) is 6.45. The van der Waals surface area contributed by atoms with E-state index in [1.165, 1.54) is 6.07 Å². The number of imidazole rings is 1. The van der Waals surface area contributed by atoms with Gasteiger partial charge in [-0.25, -0.2) is 19.2 Å². The molecule has 0 spiro atoms. The van der Waals surface area contributed by atoms with Gasteiger partial charge < -0.3 is 19.2 Å². The molecular weight excluding hydrogens is 457 g/mol. The van der Waals surface area contributed by atoms with E-state index in [4.69, 9.17) is 9.72 Å². The number of carbonyl (C=O) groups is 1. The number of piperidine rings is 1. The Labute approximate surface area is 210 Å². The van der Waals surface area contributed by atoms with Crippen LogP contribution in [0.5, 0.6) is 0 Å². The largest absolute Gasteiger partial charge is 0.444 e. The zero-order valence-electron chi connectivity index (χ0n) is 21.5. The molecule has 0 saturated carbocycles. The highest BCUT2D eigenvalue weighted by Crippen LogP contribution is 2.27. The number of amides is 1. The van der Waals surface area contributed by atoms with Crippen molar-refractivity contribution in [2.24, 2.45) is 5.92 Å². The number of likely N-dealkylation sites (tertiary alicyclic amines) is 1. The third-order valence-corrected chi connectivity index (χ3v) is 6.99. The normalized spacial score (nSPS) is 15.2. The van der Waals surface area contributed by atoms with E-state index in [-0.39, 0.29) is 11.9 Å². The van der Waals surface area contributed by atoms with Crippen molar-refractivity contribution in [2.75, 3.05) is 13.1 Å². The molecule has 0 atom stereocenters. The number of carbonyl (C=O) groups excluding carboxylic acids is 1. The first kappa shape index (κ1) is 24.3. The maximum Gasteiger partial charge on any atom is 0.410 e. The second-order valence-electron chi connectivity index (χ2n) is 10.9. The fourth-order valence-corrected chi connectivity index (χ4v) is 4.99. The smallest absolute Gasteiger partial charge is 0.410 e. The molecule has 1 saturated heterocycles. The van der Waals surface area contributed by atoms with Crippen LogP contribution in [0.2, 0.25) is 0 Å². The molecule has 0 unspecified atom stereocenters.